The van der Waals surface area contributed by atoms with Gasteiger partial charge in [-0.25, -0.2) is 13.6 Å². The van der Waals surface area contributed by atoms with Crippen molar-refractivity contribution < 1.29 is 8.42 Å². The van der Waals surface area contributed by atoms with Crippen LogP contribution in [0.25, 0.3) is 11.3 Å². The molecular weight excluding hydrogens is 392 g/mol. The Morgan fingerprint density at radius 1 is 1.10 bits per heavy atom. The summed E-state index contributed by atoms with van der Waals surface area (Å²) in [6.45, 7) is 16.1. The van der Waals surface area contributed by atoms with E-state index in [9.17, 15) is 8.42 Å². The summed E-state index contributed by atoms with van der Waals surface area (Å²) in [6, 6.07) is 8.64. The number of nitrogens with two attached hydrogens (primary N) is 1. The third-order valence-electron chi connectivity index (χ3n) is 7.01. The number of hydrogen-bond acceptors (Lipinski definition) is 2. The molecule has 3 rings (SSSR count). The summed E-state index contributed by atoms with van der Waals surface area (Å²) in [6.07, 6.45) is 4.53. The zero-order chi connectivity index (χ0) is 22.5. The molecule has 1 aromatic heterocycles. The fourth-order valence-corrected chi connectivity index (χ4v) is 5.02. The summed E-state index contributed by atoms with van der Waals surface area (Å²) in [5, 5.41) is 5.58. The minimum absolute atomic E-state index is 0.0145. The Balaban J connectivity index is 2.26. The summed E-state index contributed by atoms with van der Waals surface area (Å²) >= 11 is 0. The lowest BCUT2D eigenvalue weighted by atomic mass is 9.82. The number of primary sulfonamides is 1. The van der Waals surface area contributed by atoms with Crippen LogP contribution in [-0.2, 0) is 27.4 Å². The molecule has 2 aromatic rings. The minimum atomic E-state index is -3.78. The molecule has 0 spiro atoms. The number of aromatic nitrogens is 1. The molecule has 0 saturated heterocycles. The van der Waals surface area contributed by atoms with E-state index in [0.717, 1.165) is 36.3 Å². The number of rotatable bonds is 7. The molecule has 0 bridgehead atoms. The smallest absolute Gasteiger partial charge is 0.239 e. The molecule has 1 fully saturated rings. The van der Waals surface area contributed by atoms with Crippen molar-refractivity contribution in [3.8, 4) is 11.3 Å². The van der Waals surface area contributed by atoms with Crippen LogP contribution in [0.4, 0.5) is 0 Å². The van der Waals surface area contributed by atoms with Gasteiger partial charge in [-0.3, -0.25) is 0 Å². The molecule has 0 aliphatic heterocycles. The van der Waals surface area contributed by atoms with Crippen molar-refractivity contribution in [1.82, 2.24) is 4.57 Å². The van der Waals surface area contributed by atoms with Gasteiger partial charge in [0.05, 0.1) is 0 Å². The van der Waals surface area contributed by atoms with E-state index in [0.29, 0.717) is 5.92 Å². The Morgan fingerprint density at radius 2 is 1.70 bits per heavy atom. The molecule has 0 unspecified atom stereocenters. The van der Waals surface area contributed by atoms with Gasteiger partial charge in [0, 0.05) is 17.9 Å². The van der Waals surface area contributed by atoms with Crippen molar-refractivity contribution in [2.45, 2.75) is 96.4 Å². The van der Waals surface area contributed by atoms with Crippen molar-refractivity contribution >= 4 is 10.0 Å². The summed E-state index contributed by atoms with van der Waals surface area (Å²) < 4.78 is 26.8. The summed E-state index contributed by atoms with van der Waals surface area (Å²) in [7, 11) is -3.78. The lowest BCUT2D eigenvalue weighted by Crippen LogP contribution is -2.16. The number of nitrogens with zero attached hydrogens (tertiary/aromatic N) is 1. The van der Waals surface area contributed by atoms with E-state index in [1.54, 1.807) is 6.07 Å². The lowest BCUT2D eigenvalue weighted by Gasteiger charge is -2.24. The average Bonchev–Trinajstić information content (AvgIpc) is 3.31. The molecular formula is C25H38N2O2S. The Morgan fingerprint density at radius 3 is 2.17 bits per heavy atom. The second-order valence-electron chi connectivity index (χ2n) is 10.4. The Bertz CT molecular complexity index is 1010. The van der Waals surface area contributed by atoms with Gasteiger partial charge in [-0.05, 0) is 71.4 Å². The Hall–Kier alpha value is -1.59. The van der Waals surface area contributed by atoms with Gasteiger partial charge in [0.2, 0.25) is 10.0 Å². The highest BCUT2D eigenvalue weighted by Gasteiger charge is 2.40. The molecule has 2 N–H and O–H groups in total. The molecule has 1 heterocycles. The van der Waals surface area contributed by atoms with Crippen molar-refractivity contribution in [3.05, 3.63) is 41.1 Å². The van der Waals surface area contributed by atoms with Crippen molar-refractivity contribution in [3.63, 3.8) is 0 Å². The second-order valence-corrected chi connectivity index (χ2v) is 12.0. The highest BCUT2D eigenvalue weighted by Crippen LogP contribution is 2.49. The molecule has 1 saturated carbocycles. The summed E-state index contributed by atoms with van der Waals surface area (Å²) in [5.74, 6) is 0.495. The molecule has 1 aromatic carbocycles. The van der Waals surface area contributed by atoms with E-state index in [4.69, 9.17) is 5.14 Å². The van der Waals surface area contributed by atoms with E-state index < -0.39 is 10.0 Å². The van der Waals surface area contributed by atoms with Gasteiger partial charge in [0.1, 0.15) is 4.90 Å². The highest BCUT2D eigenvalue weighted by molar-refractivity contribution is 7.89. The van der Waals surface area contributed by atoms with Gasteiger partial charge in [0.25, 0.3) is 0 Å². The summed E-state index contributed by atoms with van der Waals surface area (Å²) in [4.78, 5) is 0.240. The normalized spacial score (nSPS) is 16.3. The first-order valence-corrected chi connectivity index (χ1v) is 12.7. The Kier molecular flexibility index (Phi) is 6.02. The third kappa shape index (κ3) is 4.52. The van der Waals surface area contributed by atoms with Crippen LogP contribution in [0.3, 0.4) is 0 Å². The van der Waals surface area contributed by atoms with Crippen molar-refractivity contribution in [2.75, 3.05) is 0 Å². The molecule has 4 nitrogen and oxygen atoms in total. The maximum Gasteiger partial charge on any atom is 0.239 e. The molecule has 166 valence electrons. The zero-order valence-electron chi connectivity index (χ0n) is 19.7. The van der Waals surface area contributed by atoms with Crippen molar-refractivity contribution in [2.24, 2.45) is 11.1 Å². The zero-order valence-corrected chi connectivity index (χ0v) is 20.5. The van der Waals surface area contributed by atoms with Crippen LogP contribution in [-0.4, -0.2) is 13.0 Å². The standard InChI is InChI=1S/C25H38N2O2S/c1-8-18(9-2)16-27-17(3)23(30(26,28)29)15-22(27)19-12-20(24(4,5)6)14-21(13-19)25(7)10-11-25/h12-15,18H,8-11,16H2,1-7H3,(H2,26,28,29). The molecule has 0 atom stereocenters. The quantitative estimate of drug-likeness (QED) is 0.594. The molecule has 30 heavy (non-hydrogen) atoms. The molecule has 1 aliphatic rings. The maximum atomic E-state index is 12.3. The van der Waals surface area contributed by atoms with Crippen LogP contribution >= 0.6 is 0 Å². The SMILES string of the molecule is CCC(CC)Cn1c(-c2cc(C(C)(C)C)cc(C3(C)CC3)c2)cc(S(N)(=O)=O)c1C. The van der Waals surface area contributed by atoms with Gasteiger partial charge < -0.3 is 4.57 Å². The molecule has 5 heteroatoms. The summed E-state index contributed by atoms with van der Waals surface area (Å²) in [5.41, 5.74) is 5.68. The second kappa shape index (κ2) is 7.83. The van der Waals surface area contributed by atoms with Crippen LogP contribution in [0, 0.1) is 12.8 Å². The fraction of sp³-hybridized carbons (Fsp3) is 0.600. The molecule has 0 radical (unpaired) electrons. The third-order valence-corrected chi connectivity index (χ3v) is 8.04. The predicted molar refractivity (Wildman–Crippen MR) is 125 cm³/mol. The first-order chi connectivity index (χ1) is 13.8. The number of hydrogen-bond donors (Lipinski definition) is 1. The highest BCUT2D eigenvalue weighted by atomic mass is 32.2. The van der Waals surface area contributed by atoms with Gasteiger partial charge in [0.15, 0.2) is 0 Å². The topological polar surface area (TPSA) is 65.1 Å². The van der Waals surface area contributed by atoms with Gasteiger partial charge in [-0.1, -0.05) is 60.5 Å². The largest absolute Gasteiger partial charge is 0.343 e. The van der Waals surface area contributed by atoms with Gasteiger partial charge in [-0.2, -0.15) is 0 Å². The van der Waals surface area contributed by atoms with Crippen LogP contribution in [0.5, 0.6) is 0 Å². The number of sulfonamides is 1. The number of benzene rings is 1. The van der Waals surface area contributed by atoms with Crippen molar-refractivity contribution in [1.29, 1.82) is 0 Å². The minimum Gasteiger partial charge on any atom is -0.343 e. The van der Waals surface area contributed by atoms with Gasteiger partial charge in [-0.15, -0.1) is 0 Å². The van der Waals surface area contributed by atoms with Gasteiger partial charge >= 0.3 is 0 Å². The van der Waals surface area contributed by atoms with E-state index in [1.165, 1.54) is 24.0 Å². The van der Waals surface area contributed by atoms with E-state index in [-0.39, 0.29) is 15.7 Å². The predicted octanol–water partition coefficient (Wildman–Crippen LogP) is 5.90. The van der Waals surface area contributed by atoms with Crippen LogP contribution in [0.2, 0.25) is 0 Å². The maximum absolute atomic E-state index is 12.3. The average molecular weight is 431 g/mol. The monoisotopic (exact) mass is 430 g/mol. The van der Waals surface area contributed by atoms with E-state index in [2.05, 4.69) is 64.3 Å². The van der Waals surface area contributed by atoms with Crippen LogP contribution in [0.1, 0.15) is 84.0 Å². The van der Waals surface area contributed by atoms with Crippen LogP contribution < -0.4 is 5.14 Å². The van der Waals surface area contributed by atoms with E-state index >= 15 is 0 Å². The molecule has 0 amide bonds. The first-order valence-electron chi connectivity index (χ1n) is 11.2. The lowest BCUT2D eigenvalue weighted by molar-refractivity contribution is 0.416. The van der Waals surface area contributed by atoms with Crippen LogP contribution in [0.15, 0.2) is 29.2 Å². The fourth-order valence-electron chi connectivity index (χ4n) is 4.22. The molecule has 1 aliphatic carbocycles. The van der Waals surface area contributed by atoms with E-state index in [1.807, 2.05) is 6.92 Å². The first kappa shape index (κ1) is 23.1. The Labute approximate surface area is 182 Å².